The van der Waals surface area contributed by atoms with Crippen molar-refractivity contribution in [1.29, 1.82) is 0 Å². The highest BCUT2D eigenvalue weighted by Gasteiger charge is 2.19. The Balaban J connectivity index is 2.02. The van der Waals surface area contributed by atoms with E-state index in [0.717, 1.165) is 12.1 Å². The van der Waals surface area contributed by atoms with Gasteiger partial charge in [-0.15, -0.1) is 0 Å². The summed E-state index contributed by atoms with van der Waals surface area (Å²) in [7, 11) is 0. The summed E-state index contributed by atoms with van der Waals surface area (Å²) in [5, 5.41) is 2.40. The summed E-state index contributed by atoms with van der Waals surface area (Å²) in [6, 6.07) is 7.23. The number of carbonyl (C=O) groups is 2. The van der Waals surface area contributed by atoms with Crippen LogP contribution in [0.4, 0.5) is 13.2 Å². The van der Waals surface area contributed by atoms with E-state index in [4.69, 9.17) is 5.73 Å². The maximum atomic E-state index is 13.5. The molecule has 7 heteroatoms. The Morgan fingerprint density at radius 3 is 2.21 bits per heavy atom. The van der Waals surface area contributed by atoms with Crippen molar-refractivity contribution in [3.63, 3.8) is 0 Å². The molecule has 0 aliphatic rings. The standard InChI is InChI=1S/C17H15F3N2O2/c18-12-4-1-10(2-5-12)7-15(17(21)24)22-16(23)8-11-3-6-13(19)9-14(11)20/h1-6,9,15H,7-8H2,(H2,21,24)(H,22,23)/t15-/m1/s1. The molecule has 2 amide bonds. The quantitative estimate of drug-likeness (QED) is 0.845. The summed E-state index contributed by atoms with van der Waals surface area (Å²) in [4.78, 5) is 23.4. The first-order chi connectivity index (χ1) is 11.3. The number of hydrogen-bond acceptors (Lipinski definition) is 2. The Labute approximate surface area is 136 Å². The van der Waals surface area contributed by atoms with Crippen molar-refractivity contribution in [2.24, 2.45) is 5.73 Å². The third kappa shape index (κ3) is 4.84. The van der Waals surface area contributed by atoms with Crippen LogP contribution in [0.3, 0.4) is 0 Å². The predicted molar refractivity (Wildman–Crippen MR) is 81.3 cm³/mol. The molecule has 2 rings (SSSR count). The van der Waals surface area contributed by atoms with Gasteiger partial charge in [-0.2, -0.15) is 0 Å². The summed E-state index contributed by atoms with van der Waals surface area (Å²) in [5.41, 5.74) is 5.86. The minimum atomic E-state index is -1.02. The zero-order valence-electron chi connectivity index (χ0n) is 12.6. The molecule has 24 heavy (non-hydrogen) atoms. The molecule has 0 aliphatic heterocycles. The third-order valence-electron chi connectivity index (χ3n) is 3.40. The summed E-state index contributed by atoms with van der Waals surface area (Å²) < 4.78 is 39.3. The van der Waals surface area contributed by atoms with Crippen LogP contribution in [0.15, 0.2) is 42.5 Å². The average Bonchev–Trinajstić information content (AvgIpc) is 2.51. The molecule has 0 heterocycles. The molecule has 2 aromatic carbocycles. The van der Waals surface area contributed by atoms with E-state index in [1.165, 1.54) is 24.3 Å². The van der Waals surface area contributed by atoms with Gasteiger partial charge < -0.3 is 11.1 Å². The highest BCUT2D eigenvalue weighted by molar-refractivity contribution is 5.87. The molecule has 0 bridgehead atoms. The van der Waals surface area contributed by atoms with Gasteiger partial charge in [0.1, 0.15) is 23.5 Å². The molecular formula is C17H15F3N2O2. The van der Waals surface area contributed by atoms with Gasteiger partial charge in [-0.25, -0.2) is 13.2 Å². The molecule has 2 aromatic rings. The highest BCUT2D eigenvalue weighted by Crippen LogP contribution is 2.11. The third-order valence-corrected chi connectivity index (χ3v) is 3.40. The van der Waals surface area contributed by atoms with Crippen LogP contribution in [-0.4, -0.2) is 17.9 Å². The van der Waals surface area contributed by atoms with E-state index in [2.05, 4.69) is 5.32 Å². The number of nitrogens with one attached hydrogen (secondary N) is 1. The van der Waals surface area contributed by atoms with Gasteiger partial charge in [0.15, 0.2) is 0 Å². The lowest BCUT2D eigenvalue weighted by Crippen LogP contribution is -2.46. The first kappa shape index (κ1) is 17.5. The Hall–Kier alpha value is -2.83. The maximum absolute atomic E-state index is 13.5. The number of hydrogen-bond donors (Lipinski definition) is 2. The second kappa shape index (κ2) is 7.63. The largest absolute Gasteiger partial charge is 0.368 e. The summed E-state index contributed by atoms with van der Waals surface area (Å²) in [6.07, 6.45) is -0.285. The van der Waals surface area contributed by atoms with Crippen LogP contribution in [0.25, 0.3) is 0 Å². The monoisotopic (exact) mass is 336 g/mol. The minimum absolute atomic E-state index is 0.00102. The normalized spacial score (nSPS) is 11.8. The number of nitrogens with two attached hydrogens (primary N) is 1. The van der Waals surface area contributed by atoms with E-state index >= 15 is 0 Å². The van der Waals surface area contributed by atoms with Gasteiger partial charge in [0.05, 0.1) is 6.42 Å². The number of rotatable bonds is 6. The van der Waals surface area contributed by atoms with Gasteiger partial charge >= 0.3 is 0 Å². The van der Waals surface area contributed by atoms with E-state index < -0.39 is 35.3 Å². The van der Waals surface area contributed by atoms with Gasteiger partial charge in [-0.1, -0.05) is 18.2 Å². The average molecular weight is 336 g/mol. The van der Waals surface area contributed by atoms with Crippen LogP contribution >= 0.6 is 0 Å². The molecule has 4 nitrogen and oxygen atoms in total. The minimum Gasteiger partial charge on any atom is -0.368 e. The van der Waals surface area contributed by atoms with Crippen LogP contribution in [0.5, 0.6) is 0 Å². The second-order valence-electron chi connectivity index (χ2n) is 5.27. The van der Waals surface area contributed by atoms with Gasteiger partial charge in [0.25, 0.3) is 0 Å². The predicted octanol–water partition coefficient (Wildman–Crippen LogP) is 1.86. The van der Waals surface area contributed by atoms with Crippen molar-refractivity contribution in [3.05, 3.63) is 71.0 Å². The molecule has 0 spiro atoms. The number of amides is 2. The van der Waals surface area contributed by atoms with E-state index in [1.54, 1.807) is 0 Å². The molecular weight excluding hydrogens is 321 g/mol. The zero-order chi connectivity index (χ0) is 17.7. The molecule has 0 aliphatic carbocycles. The molecule has 0 saturated carbocycles. The lowest BCUT2D eigenvalue weighted by Gasteiger charge is -2.16. The SMILES string of the molecule is NC(=O)[C@@H](Cc1ccc(F)cc1)NC(=O)Cc1ccc(F)cc1F. The molecule has 0 saturated heterocycles. The lowest BCUT2D eigenvalue weighted by atomic mass is 10.0. The first-order valence-corrected chi connectivity index (χ1v) is 7.12. The maximum Gasteiger partial charge on any atom is 0.240 e. The molecule has 0 fully saturated rings. The van der Waals surface area contributed by atoms with Gasteiger partial charge in [-0.05, 0) is 29.3 Å². The molecule has 0 unspecified atom stereocenters. The van der Waals surface area contributed by atoms with Crippen molar-refractivity contribution in [3.8, 4) is 0 Å². The summed E-state index contributed by atoms with van der Waals surface area (Å²) >= 11 is 0. The summed E-state index contributed by atoms with van der Waals surface area (Å²) in [5.74, 6) is -3.42. The second-order valence-corrected chi connectivity index (χ2v) is 5.27. The van der Waals surface area contributed by atoms with Crippen molar-refractivity contribution in [2.45, 2.75) is 18.9 Å². The van der Waals surface area contributed by atoms with E-state index in [0.29, 0.717) is 11.6 Å². The van der Waals surface area contributed by atoms with E-state index in [1.807, 2.05) is 0 Å². The van der Waals surface area contributed by atoms with Crippen LogP contribution in [-0.2, 0) is 22.4 Å². The van der Waals surface area contributed by atoms with E-state index in [9.17, 15) is 22.8 Å². The number of benzene rings is 2. The molecule has 126 valence electrons. The molecule has 0 aromatic heterocycles. The van der Waals surface area contributed by atoms with Crippen molar-refractivity contribution in [2.75, 3.05) is 0 Å². The fourth-order valence-corrected chi connectivity index (χ4v) is 2.16. The summed E-state index contributed by atoms with van der Waals surface area (Å²) in [6.45, 7) is 0. The van der Waals surface area contributed by atoms with Crippen molar-refractivity contribution in [1.82, 2.24) is 5.32 Å². The smallest absolute Gasteiger partial charge is 0.240 e. The van der Waals surface area contributed by atoms with Crippen LogP contribution < -0.4 is 11.1 Å². The number of carbonyl (C=O) groups excluding carboxylic acids is 2. The zero-order valence-corrected chi connectivity index (χ0v) is 12.6. The lowest BCUT2D eigenvalue weighted by molar-refractivity contribution is -0.127. The topological polar surface area (TPSA) is 72.2 Å². The van der Waals surface area contributed by atoms with Gasteiger partial charge in [-0.3, -0.25) is 9.59 Å². The van der Waals surface area contributed by atoms with Crippen molar-refractivity contribution >= 4 is 11.8 Å². The van der Waals surface area contributed by atoms with Crippen LogP contribution in [0.1, 0.15) is 11.1 Å². The van der Waals surface area contributed by atoms with E-state index in [-0.39, 0.29) is 18.4 Å². The Morgan fingerprint density at radius 1 is 1.00 bits per heavy atom. The fourth-order valence-electron chi connectivity index (χ4n) is 2.16. The highest BCUT2D eigenvalue weighted by atomic mass is 19.1. The van der Waals surface area contributed by atoms with Crippen LogP contribution in [0, 0.1) is 17.5 Å². The molecule has 0 radical (unpaired) electrons. The first-order valence-electron chi connectivity index (χ1n) is 7.12. The number of primary amides is 1. The Bertz CT molecular complexity index is 748. The molecule has 1 atom stereocenters. The van der Waals surface area contributed by atoms with Gasteiger partial charge in [0.2, 0.25) is 11.8 Å². The van der Waals surface area contributed by atoms with Gasteiger partial charge in [0, 0.05) is 12.5 Å². The van der Waals surface area contributed by atoms with Crippen LogP contribution in [0.2, 0.25) is 0 Å². The Kier molecular flexibility index (Phi) is 5.57. The number of halogens is 3. The fraction of sp³-hybridized carbons (Fsp3) is 0.176. The van der Waals surface area contributed by atoms with Crippen molar-refractivity contribution < 1.29 is 22.8 Å². The molecule has 3 N–H and O–H groups in total. The Morgan fingerprint density at radius 2 is 1.62 bits per heavy atom.